The van der Waals surface area contributed by atoms with Gasteiger partial charge < -0.3 is 15.4 Å². The Morgan fingerprint density at radius 1 is 1.32 bits per heavy atom. The van der Waals surface area contributed by atoms with E-state index in [1.807, 2.05) is 6.92 Å². The van der Waals surface area contributed by atoms with Gasteiger partial charge in [0.05, 0.1) is 25.5 Å². The van der Waals surface area contributed by atoms with Gasteiger partial charge in [-0.1, -0.05) is 0 Å². The molecule has 0 aliphatic carbocycles. The first-order valence-corrected chi connectivity index (χ1v) is 9.71. The molecule has 0 amide bonds. The van der Waals surface area contributed by atoms with Crippen molar-refractivity contribution in [3.8, 4) is 0 Å². The number of hydrogen-bond acceptors (Lipinski definition) is 5. The highest BCUT2D eigenvalue weighted by molar-refractivity contribution is 7.98. The van der Waals surface area contributed by atoms with Gasteiger partial charge >= 0.3 is 0 Å². The molecule has 0 saturated carbocycles. The van der Waals surface area contributed by atoms with Crippen molar-refractivity contribution in [3.63, 3.8) is 0 Å². The highest BCUT2D eigenvalue weighted by Crippen LogP contribution is 1.87. The molecule has 0 aliphatic heterocycles. The largest absolute Gasteiger partial charge is 0.378 e. The minimum absolute atomic E-state index is 0.0583. The standard InChI is InChI=1S/C11H25N3O3S2/c1-4-12-11(14-6-9-18-2)13-5-7-17-8-10-19(3,15)16/h4-10H2,1-3H3,(H2,12,13,14). The Balaban J connectivity index is 3.77. The maximum atomic E-state index is 10.9. The number of nitrogens with one attached hydrogen (secondary N) is 2. The monoisotopic (exact) mass is 311 g/mol. The summed E-state index contributed by atoms with van der Waals surface area (Å²) >= 11 is 1.77. The smallest absolute Gasteiger partial charge is 0.191 e. The fraction of sp³-hybridized carbons (Fsp3) is 0.909. The molecule has 0 saturated heterocycles. The highest BCUT2D eigenvalue weighted by atomic mass is 32.2. The Morgan fingerprint density at radius 2 is 2.05 bits per heavy atom. The molecule has 0 aromatic carbocycles. The normalized spacial score (nSPS) is 12.5. The summed E-state index contributed by atoms with van der Waals surface area (Å²) in [5, 5.41) is 6.34. The first kappa shape index (κ1) is 18.5. The maximum absolute atomic E-state index is 10.9. The van der Waals surface area contributed by atoms with Crippen molar-refractivity contribution in [2.75, 3.05) is 56.9 Å². The van der Waals surface area contributed by atoms with Crippen LogP contribution in [0.5, 0.6) is 0 Å². The molecule has 6 nitrogen and oxygen atoms in total. The number of aliphatic imine (C=N–C) groups is 1. The predicted octanol–water partition coefficient (Wildman–Crippen LogP) is -0.0343. The molecule has 114 valence electrons. The van der Waals surface area contributed by atoms with Crippen molar-refractivity contribution in [1.29, 1.82) is 0 Å². The van der Waals surface area contributed by atoms with Gasteiger partial charge in [0.15, 0.2) is 5.96 Å². The van der Waals surface area contributed by atoms with E-state index in [0.717, 1.165) is 24.8 Å². The van der Waals surface area contributed by atoms with Crippen molar-refractivity contribution in [1.82, 2.24) is 10.6 Å². The fourth-order valence-corrected chi connectivity index (χ4v) is 1.87. The van der Waals surface area contributed by atoms with Gasteiger partial charge in [-0.3, -0.25) is 4.99 Å². The van der Waals surface area contributed by atoms with Crippen LogP contribution in [0.2, 0.25) is 0 Å². The summed E-state index contributed by atoms with van der Waals surface area (Å²) in [6, 6.07) is 0. The van der Waals surface area contributed by atoms with Gasteiger partial charge in [-0.15, -0.1) is 0 Å². The Bertz CT molecular complexity index is 345. The van der Waals surface area contributed by atoms with Gasteiger partial charge in [0.1, 0.15) is 9.84 Å². The molecule has 0 fully saturated rings. The molecule has 0 radical (unpaired) electrons. The van der Waals surface area contributed by atoms with Crippen LogP contribution in [-0.4, -0.2) is 71.2 Å². The Labute approximate surface area is 120 Å². The average molecular weight is 311 g/mol. The molecule has 0 unspecified atom stereocenters. The van der Waals surface area contributed by atoms with E-state index >= 15 is 0 Å². The van der Waals surface area contributed by atoms with Crippen LogP contribution in [0.4, 0.5) is 0 Å². The second kappa shape index (κ2) is 11.4. The molecular weight excluding hydrogens is 286 g/mol. The second-order valence-corrected chi connectivity index (χ2v) is 7.17. The van der Waals surface area contributed by atoms with Crippen LogP contribution in [0.3, 0.4) is 0 Å². The van der Waals surface area contributed by atoms with Crippen LogP contribution in [0.1, 0.15) is 6.92 Å². The maximum Gasteiger partial charge on any atom is 0.191 e. The number of sulfone groups is 1. The van der Waals surface area contributed by atoms with E-state index in [1.165, 1.54) is 6.26 Å². The first-order chi connectivity index (χ1) is 8.99. The minimum Gasteiger partial charge on any atom is -0.378 e. The van der Waals surface area contributed by atoms with Gasteiger partial charge in [-0.05, 0) is 13.2 Å². The lowest BCUT2D eigenvalue weighted by molar-refractivity contribution is 0.157. The lowest BCUT2D eigenvalue weighted by Crippen LogP contribution is -2.38. The molecule has 0 atom stereocenters. The lowest BCUT2D eigenvalue weighted by Gasteiger charge is -2.10. The van der Waals surface area contributed by atoms with Gasteiger partial charge in [-0.2, -0.15) is 11.8 Å². The molecule has 19 heavy (non-hydrogen) atoms. The van der Waals surface area contributed by atoms with Crippen LogP contribution in [0, 0.1) is 0 Å². The van der Waals surface area contributed by atoms with E-state index in [0.29, 0.717) is 13.2 Å². The van der Waals surface area contributed by atoms with Crippen molar-refractivity contribution in [2.45, 2.75) is 6.92 Å². The van der Waals surface area contributed by atoms with Gasteiger partial charge in [0, 0.05) is 25.1 Å². The third-order valence-corrected chi connectivity index (χ3v) is 3.57. The molecule has 0 bridgehead atoms. The molecule has 0 aliphatic rings. The quantitative estimate of drug-likeness (QED) is 0.335. The van der Waals surface area contributed by atoms with Crippen molar-refractivity contribution >= 4 is 27.6 Å². The lowest BCUT2D eigenvalue weighted by atomic mass is 10.6. The Morgan fingerprint density at radius 3 is 2.63 bits per heavy atom. The summed E-state index contributed by atoms with van der Waals surface area (Å²) in [5.41, 5.74) is 0. The van der Waals surface area contributed by atoms with Crippen molar-refractivity contribution < 1.29 is 13.2 Å². The highest BCUT2D eigenvalue weighted by Gasteiger charge is 2.01. The van der Waals surface area contributed by atoms with Crippen LogP contribution in [0.15, 0.2) is 4.99 Å². The summed E-state index contributed by atoms with van der Waals surface area (Å²) in [5.74, 6) is 1.85. The van der Waals surface area contributed by atoms with E-state index in [4.69, 9.17) is 4.74 Å². The zero-order valence-corrected chi connectivity index (χ0v) is 13.6. The number of guanidine groups is 1. The first-order valence-electron chi connectivity index (χ1n) is 6.26. The van der Waals surface area contributed by atoms with Gasteiger partial charge in [0.2, 0.25) is 0 Å². The van der Waals surface area contributed by atoms with Crippen LogP contribution < -0.4 is 10.6 Å². The number of ether oxygens (including phenoxy) is 1. The minimum atomic E-state index is -2.94. The van der Waals surface area contributed by atoms with E-state index in [2.05, 4.69) is 21.9 Å². The van der Waals surface area contributed by atoms with E-state index in [1.54, 1.807) is 11.8 Å². The molecule has 0 rings (SSSR count). The summed E-state index contributed by atoms with van der Waals surface area (Å²) in [6.45, 7) is 4.84. The molecule has 0 aromatic heterocycles. The molecule has 0 spiro atoms. The SMILES string of the molecule is CCNC(=NCCOCCS(C)(=O)=O)NCCSC. The molecule has 0 aromatic rings. The number of nitrogens with zero attached hydrogens (tertiary/aromatic N) is 1. The zero-order valence-electron chi connectivity index (χ0n) is 11.9. The molecule has 2 N–H and O–H groups in total. The van der Waals surface area contributed by atoms with Crippen molar-refractivity contribution in [2.24, 2.45) is 4.99 Å². The number of thioether (sulfide) groups is 1. The topological polar surface area (TPSA) is 79.8 Å². The zero-order chi connectivity index (χ0) is 14.6. The second-order valence-electron chi connectivity index (χ2n) is 3.92. The summed E-state index contributed by atoms with van der Waals surface area (Å²) in [7, 11) is -2.94. The van der Waals surface area contributed by atoms with Crippen molar-refractivity contribution in [3.05, 3.63) is 0 Å². The number of rotatable bonds is 10. The van der Waals surface area contributed by atoms with Crippen LogP contribution in [-0.2, 0) is 14.6 Å². The van der Waals surface area contributed by atoms with E-state index in [9.17, 15) is 8.42 Å². The fourth-order valence-electron chi connectivity index (χ4n) is 1.15. The van der Waals surface area contributed by atoms with E-state index in [-0.39, 0.29) is 12.4 Å². The van der Waals surface area contributed by atoms with Crippen LogP contribution in [0.25, 0.3) is 0 Å². The third kappa shape index (κ3) is 13.8. The summed E-state index contributed by atoms with van der Waals surface area (Å²) in [6.07, 6.45) is 3.26. The molecule has 0 heterocycles. The summed E-state index contributed by atoms with van der Waals surface area (Å²) in [4.78, 5) is 4.33. The third-order valence-electron chi connectivity index (χ3n) is 2.05. The Hall–Kier alpha value is -0.470. The predicted molar refractivity (Wildman–Crippen MR) is 82.9 cm³/mol. The van der Waals surface area contributed by atoms with E-state index < -0.39 is 9.84 Å². The number of hydrogen-bond donors (Lipinski definition) is 2. The summed E-state index contributed by atoms with van der Waals surface area (Å²) < 4.78 is 27.0. The Kier molecular flexibility index (Phi) is 11.1. The van der Waals surface area contributed by atoms with Gasteiger partial charge in [-0.25, -0.2) is 8.42 Å². The van der Waals surface area contributed by atoms with Crippen LogP contribution >= 0.6 is 11.8 Å². The average Bonchev–Trinajstić information content (AvgIpc) is 2.32. The van der Waals surface area contributed by atoms with Gasteiger partial charge in [0.25, 0.3) is 0 Å². The molecule has 8 heteroatoms. The molecular formula is C11H25N3O3S2.